The highest BCUT2D eigenvalue weighted by atomic mass is 32.1. The van der Waals surface area contributed by atoms with Gasteiger partial charge in [-0.3, -0.25) is 4.79 Å². The van der Waals surface area contributed by atoms with Gasteiger partial charge in [-0.15, -0.1) is 11.3 Å². The van der Waals surface area contributed by atoms with E-state index in [1.54, 1.807) is 6.07 Å². The second-order valence-electron chi connectivity index (χ2n) is 6.46. The first-order valence-electron chi connectivity index (χ1n) is 9.75. The molecule has 30 heavy (non-hydrogen) atoms. The lowest BCUT2D eigenvalue weighted by atomic mass is 10.2. The van der Waals surface area contributed by atoms with Crippen LogP contribution in [0.15, 0.2) is 53.9 Å². The fourth-order valence-corrected chi connectivity index (χ4v) is 3.58. The van der Waals surface area contributed by atoms with E-state index in [1.807, 2.05) is 54.8 Å². The Morgan fingerprint density at radius 3 is 2.77 bits per heavy atom. The van der Waals surface area contributed by atoms with Gasteiger partial charge in [0.05, 0.1) is 31.4 Å². The number of nitriles is 1. The molecule has 2 aromatic carbocycles. The number of aromatic nitrogens is 1. The molecule has 1 heterocycles. The van der Waals surface area contributed by atoms with E-state index >= 15 is 0 Å². The molecule has 1 N–H and O–H groups in total. The maximum atomic E-state index is 12.4. The summed E-state index contributed by atoms with van der Waals surface area (Å²) in [5.74, 6) is 1.35. The number of carbonyl (C=O) groups is 1. The standard InChI is InChI=1S/C23H23N3O3S/c1-2-28-20-10-8-17(9-11-20)23-26-19(16-30-23)15-22(27)25-18-6-5-7-21(14-18)29-13-4-3-12-24/h5-11,14,16H,2-4,13,15H2,1H3,(H,25,27). The van der Waals surface area contributed by atoms with Crippen LogP contribution in [0, 0.1) is 11.3 Å². The molecule has 0 aliphatic rings. The van der Waals surface area contributed by atoms with Crippen molar-refractivity contribution in [1.82, 2.24) is 4.98 Å². The van der Waals surface area contributed by atoms with Crippen LogP contribution in [0.2, 0.25) is 0 Å². The van der Waals surface area contributed by atoms with Gasteiger partial charge in [0.25, 0.3) is 0 Å². The quantitative estimate of drug-likeness (QED) is 0.462. The number of unbranched alkanes of at least 4 members (excludes halogenated alkanes) is 1. The van der Waals surface area contributed by atoms with E-state index in [9.17, 15) is 4.79 Å². The third-order valence-electron chi connectivity index (χ3n) is 4.13. The van der Waals surface area contributed by atoms with Crippen molar-refractivity contribution >= 4 is 22.9 Å². The zero-order valence-corrected chi connectivity index (χ0v) is 17.6. The van der Waals surface area contributed by atoms with E-state index in [0.29, 0.717) is 37.5 Å². The van der Waals surface area contributed by atoms with Crippen LogP contribution in [0.1, 0.15) is 25.5 Å². The average molecular weight is 422 g/mol. The topological polar surface area (TPSA) is 84.2 Å². The Bertz CT molecular complexity index is 1010. The second-order valence-corrected chi connectivity index (χ2v) is 7.32. The first kappa shape index (κ1) is 21.3. The van der Waals surface area contributed by atoms with Crippen LogP contribution in [0.25, 0.3) is 10.6 Å². The summed E-state index contributed by atoms with van der Waals surface area (Å²) in [4.78, 5) is 17.0. The number of rotatable bonds is 10. The SMILES string of the molecule is CCOc1ccc(-c2nc(CC(=O)Nc3cccc(OCCCC#N)c3)cs2)cc1. The van der Waals surface area contributed by atoms with Crippen molar-refractivity contribution in [3.8, 4) is 28.1 Å². The van der Waals surface area contributed by atoms with Crippen LogP contribution in [-0.2, 0) is 11.2 Å². The number of carbonyl (C=O) groups excluding carboxylic acids is 1. The van der Waals surface area contributed by atoms with Crippen LogP contribution in [-0.4, -0.2) is 24.1 Å². The van der Waals surface area contributed by atoms with E-state index < -0.39 is 0 Å². The molecule has 0 radical (unpaired) electrons. The highest BCUT2D eigenvalue weighted by Gasteiger charge is 2.10. The second kappa shape index (κ2) is 11.0. The number of nitrogens with one attached hydrogen (secondary N) is 1. The van der Waals surface area contributed by atoms with E-state index in [0.717, 1.165) is 22.0 Å². The normalized spacial score (nSPS) is 10.3. The van der Waals surface area contributed by atoms with Crippen molar-refractivity contribution in [1.29, 1.82) is 5.26 Å². The minimum atomic E-state index is -0.139. The molecule has 6 nitrogen and oxygen atoms in total. The van der Waals surface area contributed by atoms with Gasteiger partial charge in [-0.2, -0.15) is 5.26 Å². The minimum Gasteiger partial charge on any atom is -0.494 e. The molecule has 7 heteroatoms. The van der Waals surface area contributed by atoms with Crippen LogP contribution < -0.4 is 14.8 Å². The van der Waals surface area contributed by atoms with E-state index in [1.165, 1.54) is 11.3 Å². The predicted molar refractivity (Wildman–Crippen MR) is 118 cm³/mol. The molecule has 0 atom stereocenters. The van der Waals surface area contributed by atoms with Gasteiger partial charge in [-0.05, 0) is 49.7 Å². The van der Waals surface area contributed by atoms with E-state index in [2.05, 4.69) is 16.4 Å². The number of amides is 1. The number of nitrogens with zero attached hydrogens (tertiary/aromatic N) is 2. The minimum absolute atomic E-state index is 0.139. The highest BCUT2D eigenvalue weighted by Crippen LogP contribution is 2.26. The van der Waals surface area contributed by atoms with Crippen LogP contribution in [0.3, 0.4) is 0 Å². The Morgan fingerprint density at radius 2 is 2.00 bits per heavy atom. The van der Waals surface area contributed by atoms with Crippen LogP contribution in [0.4, 0.5) is 5.69 Å². The third-order valence-corrected chi connectivity index (χ3v) is 5.07. The molecule has 3 aromatic rings. The van der Waals surface area contributed by atoms with Crippen molar-refractivity contribution < 1.29 is 14.3 Å². The molecule has 0 aliphatic carbocycles. The lowest BCUT2D eigenvalue weighted by molar-refractivity contribution is -0.115. The molecule has 1 amide bonds. The first-order valence-corrected chi connectivity index (χ1v) is 10.6. The van der Waals surface area contributed by atoms with Crippen molar-refractivity contribution in [3.63, 3.8) is 0 Å². The first-order chi connectivity index (χ1) is 14.7. The van der Waals surface area contributed by atoms with Crippen LogP contribution in [0.5, 0.6) is 11.5 Å². The van der Waals surface area contributed by atoms with Gasteiger partial charge < -0.3 is 14.8 Å². The lowest BCUT2D eigenvalue weighted by Gasteiger charge is -2.08. The Kier molecular flexibility index (Phi) is 7.81. The van der Waals surface area contributed by atoms with Crippen molar-refractivity contribution in [2.24, 2.45) is 0 Å². The summed E-state index contributed by atoms with van der Waals surface area (Å²) in [7, 11) is 0. The maximum absolute atomic E-state index is 12.4. The fourth-order valence-electron chi connectivity index (χ4n) is 2.76. The highest BCUT2D eigenvalue weighted by molar-refractivity contribution is 7.13. The van der Waals surface area contributed by atoms with E-state index in [-0.39, 0.29) is 12.3 Å². The molecule has 1 aromatic heterocycles. The zero-order chi connectivity index (χ0) is 21.2. The van der Waals surface area contributed by atoms with Gasteiger partial charge in [0, 0.05) is 29.1 Å². The summed E-state index contributed by atoms with van der Waals surface area (Å²) >= 11 is 1.51. The Morgan fingerprint density at radius 1 is 1.17 bits per heavy atom. The molecule has 0 aliphatic heterocycles. The largest absolute Gasteiger partial charge is 0.494 e. The Hall–Kier alpha value is -3.37. The van der Waals surface area contributed by atoms with Crippen LogP contribution >= 0.6 is 11.3 Å². The zero-order valence-electron chi connectivity index (χ0n) is 16.8. The molecule has 0 spiro atoms. The molecule has 0 saturated carbocycles. The summed E-state index contributed by atoms with van der Waals surface area (Å²) in [6, 6.07) is 17.1. The van der Waals surface area contributed by atoms with Gasteiger partial charge in [-0.25, -0.2) is 4.98 Å². The molecule has 0 bridgehead atoms. The molecular weight excluding hydrogens is 398 g/mol. The molecule has 0 fully saturated rings. The molecule has 3 rings (SSSR count). The Labute approximate surface area is 180 Å². The van der Waals surface area contributed by atoms with Crippen molar-refractivity contribution in [3.05, 3.63) is 59.6 Å². The van der Waals surface area contributed by atoms with Crippen molar-refractivity contribution in [2.45, 2.75) is 26.2 Å². The molecule has 0 unspecified atom stereocenters. The van der Waals surface area contributed by atoms with Gasteiger partial charge in [0.2, 0.25) is 5.91 Å². The predicted octanol–water partition coefficient (Wildman–Crippen LogP) is 5.07. The number of hydrogen-bond donors (Lipinski definition) is 1. The van der Waals surface area contributed by atoms with Gasteiger partial charge >= 0.3 is 0 Å². The summed E-state index contributed by atoms with van der Waals surface area (Å²) < 4.78 is 11.1. The fraction of sp³-hybridized carbons (Fsp3) is 0.261. The number of hydrogen-bond acceptors (Lipinski definition) is 6. The molecule has 0 saturated heterocycles. The lowest BCUT2D eigenvalue weighted by Crippen LogP contribution is -2.14. The summed E-state index contributed by atoms with van der Waals surface area (Å²) in [6.07, 6.45) is 1.33. The summed E-state index contributed by atoms with van der Waals surface area (Å²) in [5, 5.41) is 14.2. The number of benzene rings is 2. The van der Waals surface area contributed by atoms with Gasteiger partial charge in [0.1, 0.15) is 16.5 Å². The number of thiazole rings is 1. The average Bonchev–Trinajstić information content (AvgIpc) is 3.20. The van der Waals surface area contributed by atoms with Crippen molar-refractivity contribution in [2.75, 3.05) is 18.5 Å². The smallest absolute Gasteiger partial charge is 0.230 e. The summed E-state index contributed by atoms with van der Waals surface area (Å²) in [6.45, 7) is 3.05. The molecular formula is C23H23N3O3S. The van der Waals surface area contributed by atoms with E-state index in [4.69, 9.17) is 14.7 Å². The third kappa shape index (κ3) is 6.33. The summed E-state index contributed by atoms with van der Waals surface area (Å²) in [5.41, 5.74) is 2.39. The number of ether oxygens (including phenoxy) is 2. The monoisotopic (exact) mass is 421 g/mol. The van der Waals surface area contributed by atoms with Gasteiger partial charge in [0.15, 0.2) is 0 Å². The maximum Gasteiger partial charge on any atom is 0.230 e. The number of anilines is 1. The Balaban J connectivity index is 1.55. The molecule has 154 valence electrons. The van der Waals surface area contributed by atoms with Gasteiger partial charge in [-0.1, -0.05) is 6.07 Å².